The fraction of sp³-hybridized carbons (Fsp3) is 0.385. The summed E-state index contributed by atoms with van der Waals surface area (Å²) in [6.07, 6.45) is 3.33. The molecule has 1 aromatic heterocycles. The molecule has 4 aromatic rings. The number of anilines is 3. The molecule has 6 rings (SSSR count). The molecule has 2 aliphatic heterocycles. The van der Waals surface area contributed by atoms with Gasteiger partial charge in [-0.05, 0) is 81.2 Å². The lowest BCUT2D eigenvalue weighted by Gasteiger charge is -2.47. The molecule has 0 unspecified atom stereocenters. The predicted octanol–water partition coefficient (Wildman–Crippen LogP) is 8.51. The SMILES string of the molecule is CC(C)(C)OC(=O)N1CCC2(CC1)CCN(c1cccc(Nc3ccc(OCc4ccccc4)nc3OCc3ccccc3)c1[N+](=O)[O-])CC2. The van der Waals surface area contributed by atoms with Crippen LogP contribution >= 0.6 is 0 Å². The van der Waals surface area contributed by atoms with E-state index in [0.717, 1.165) is 36.8 Å². The average molecular weight is 680 g/mol. The van der Waals surface area contributed by atoms with Gasteiger partial charge in [-0.25, -0.2) is 4.79 Å². The first-order valence-electron chi connectivity index (χ1n) is 17.2. The number of ether oxygens (including phenoxy) is 3. The second kappa shape index (κ2) is 15.1. The van der Waals surface area contributed by atoms with Gasteiger partial charge in [0.15, 0.2) is 0 Å². The summed E-state index contributed by atoms with van der Waals surface area (Å²) in [5, 5.41) is 15.9. The zero-order chi connectivity index (χ0) is 35.1. The van der Waals surface area contributed by atoms with Gasteiger partial charge in [0.1, 0.15) is 35.9 Å². The molecule has 2 aliphatic rings. The van der Waals surface area contributed by atoms with Crippen molar-refractivity contribution < 1.29 is 23.9 Å². The summed E-state index contributed by atoms with van der Waals surface area (Å²) in [7, 11) is 0. The Labute approximate surface area is 293 Å². The van der Waals surface area contributed by atoms with E-state index < -0.39 is 5.60 Å². The van der Waals surface area contributed by atoms with E-state index in [1.54, 1.807) is 23.1 Å². The number of carbonyl (C=O) groups excluding carboxylic acids is 1. The maximum absolute atomic E-state index is 12.7. The minimum Gasteiger partial charge on any atom is -0.473 e. The van der Waals surface area contributed by atoms with Gasteiger partial charge in [-0.15, -0.1) is 0 Å². The van der Waals surface area contributed by atoms with Crippen molar-refractivity contribution >= 4 is 28.8 Å². The number of hydrogen-bond donors (Lipinski definition) is 1. The summed E-state index contributed by atoms with van der Waals surface area (Å²) >= 11 is 0. The first-order valence-corrected chi connectivity index (χ1v) is 17.2. The van der Waals surface area contributed by atoms with Gasteiger partial charge in [-0.1, -0.05) is 66.7 Å². The van der Waals surface area contributed by atoms with Crippen LogP contribution in [-0.2, 0) is 18.0 Å². The fourth-order valence-corrected chi connectivity index (χ4v) is 6.60. The van der Waals surface area contributed by atoms with Gasteiger partial charge in [-0.3, -0.25) is 10.1 Å². The molecule has 1 spiro atoms. The number of likely N-dealkylation sites (tertiary alicyclic amines) is 1. The van der Waals surface area contributed by atoms with Gasteiger partial charge in [0, 0.05) is 32.2 Å². The summed E-state index contributed by atoms with van der Waals surface area (Å²) in [6.45, 7) is 8.94. The van der Waals surface area contributed by atoms with Crippen LogP contribution in [0.25, 0.3) is 0 Å². The number of carbonyl (C=O) groups is 1. The van der Waals surface area contributed by atoms with E-state index in [9.17, 15) is 14.9 Å². The minimum absolute atomic E-state index is 0.00149. The first kappa shape index (κ1) is 34.5. The number of nitro benzene ring substituents is 1. The van der Waals surface area contributed by atoms with Crippen LogP contribution in [0.2, 0.25) is 0 Å². The van der Waals surface area contributed by atoms with Crippen LogP contribution in [0.15, 0.2) is 91.0 Å². The third-order valence-corrected chi connectivity index (χ3v) is 9.39. The van der Waals surface area contributed by atoms with Crippen molar-refractivity contribution in [3.8, 4) is 11.8 Å². The van der Waals surface area contributed by atoms with Crippen molar-refractivity contribution in [2.24, 2.45) is 5.41 Å². The molecule has 0 atom stereocenters. The number of piperidine rings is 2. The number of aromatic nitrogens is 1. The van der Waals surface area contributed by atoms with Crippen molar-refractivity contribution in [2.45, 2.75) is 65.3 Å². The quantitative estimate of drug-likeness (QED) is 0.130. The van der Waals surface area contributed by atoms with Crippen LogP contribution in [0.5, 0.6) is 11.8 Å². The zero-order valence-corrected chi connectivity index (χ0v) is 29.0. The lowest BCUT2D eigenvalue weighted by Crippen LogP contribution is -2.49. The molecule has 0 radical (unpaired) electrons. The number of pyridine rings is 1. The van der Waals surface area contributed by atoms with Crippen LogP contribution < -0.4 is 19.7 Å². The number of nitrogens with zero attached hydrogens (tertiary/aromatic N) is 4. The summed E-state index contributed by atoms with van der Waals surface area (Å²) in [6, 6.07) is 28.4. The number of nitrogens with one attached hydrogen (secondary N) is 1. The maximum atomic E-state index is 12.7. The van der Waals surface area contributed by atoms with Crippen LogP contribution in [0.3, 0.4) is 0 Å². The third kappa shape index (κ3) is 8.63. The number of hydrogen-bond acceptors (Lipinski definition) is 9. The van der Waals surface area contributed by atoms with E-state index >= 15 is 0 Å². The highest BCUT2D eigenvalue weighted by Crippen LogP contribution is 2.45. The number of amides is 1. The van der Waals surface area contributed by atoms with E-state index in [1.165, 1.54) is 0 Å². The van der Waals surface area contributed by atoms with E-state index in [0.29, 0.717) is 55.7 Å². The molecule has 262 valence electrons. The Bertz CT molecular complexity index is 1760. The second-order valence-electron chi connectivity index (χ2n) is 14.1. The number of para-hydroxylation sites is 1. The van der Waals surface area contributed by atoms with Crippen molar-refractivity contribution in [1.29, 1.82) is 0 Å². The topological polar surface area (TPSA) is 119 Å². The predicted molar refractivity (Wildman–Crippen MR) is 193 cm³/mol. The molecular formula is C39H45N5O6. The third-order valence-electron chi connectivity index (χ3n) is 9.39. The second-order valence-corrected chi connectivity index (χ2v) is 14.1. The van der Waals surface area contributed by atoms with Crippen molar-refractivity contribution in [2.75, 3.05) is 36.4 Å². The molecule has 0 aliphatic carbocycles. The van der Waals surface area contributed by atoms with E-state index in [-0.39, 0.29) is 34.6 Å². The largest absolute Gasteiger partial charge is 0.473 e. The molecule has 2 fully saturated rings. The van der Waals surface area contributed by atoms with Gasteiger partial charge >= 0.3 is 11.8 Å². The normalized spacial score (nSPS) is 15.7. The highest BCUT2D eigenvalue weighted by Gasteiger charge is 2.40. The van der Waals surface area contributed by atoms with Crippen LogP contribution in [0.1, 0.15) is 57.6 Å². The molecule has 3 heterocycles. The lowest BCUT2D eigenvalue weighted by atomic mass is 9.71. The van der Waals surface area contributed by atoms with E-state index in [2.05, 4.69) is 15.2 Å². The summed E-state index contributed by atoms with van der Waals surface area (Å²) in [5.74, 6) is 0.654. The number of nitro groups is 1. The molecular weight excluding hydrogens is 634 g/mol. The summed E-state index contributed by atoms with van der Waals surface area (Å²) < 4.78 is 17.7. The molecule has 3 aromatic carbocycles. The highest BCUT2D eigenvalue weighted by atomic mass is 16.6. The van der Waals surface area contributed by atoms with Crippen molar-refractivity contribution in [3.05, 3.63) is 112 Å². The Balaban J connectivity index is 1.17. The molecule has 50 heavy (non-hydrogen) atoms. The maximum Gasteiger partial charge on any atom is 0.410 e. The van der Waals surface area contributed by atoms with Crippen molar-refractivity contribution in [1.82, 2.24) is 9.88 Å². The van der Waals surface area contributed by atoms with Crippen LogP contribution in [-0.4, -0.2) is 52.7 Å². The van der Waals surface area contributed by atoms with Crippen LogP contribution in [0.4, 0.5) is 27.5 Å². The molecule has 2 saturated heterocycles. The smallest absolute Gasteiger partial charge is 0.410 e. The van der Waals surface area contributed by atoms with Gasteiger partial charge < -0.3 is 29.3 Å². The summed E-state index contributed by atoms with van der Waals surface area (Å²) in [5.41, 5.74) is 2.97. The van der Waals surface area contributed by atoms with E-state index in [1.807, 2.05) is 93.6 Å². The van der Waals surface area contributed by atoms with Crippen LogP contribution in [0, 0.1) is 15.5 Å². The molecule has 1 N–H and O–H groups in total. The Kier molecular flexibility index (Phi) is 10.4. The zero-order valence-electron chi connectivity index (χ0n) is 29.0. The Hall–Kier alpha value is -5.32. The van der Waals surface area contributed by atoms with Gasteiger partial charge in [0.25, 0.3) is 0 Å². The summed E-state index contributed by atoms with van der Waals surface area (Å²) in [4.78, 5) is 33.5. The Morgan fingerprint density at radius 2 is 1.40 bits per heavy atom. The Morgan fingerprint density at radius 3 is 2.00 bits per heavy atom. The monoisotopic (exact) mass is 679 g/mol. The molecule has 1 amide bonds. The molecule has 11 heteroatoms. The number of benzene rings is 3. The molecule has 0 saturated carbocycles. The minimum atomic E-state index is -0.524. The fourth-order valence-electron chi connectivity index (χ4n) is 6.60. The average Bonchev–Trinajstić information content (AvgIpc) is 3.11. The van der Waals surface area contributed by atoms with E-state index in [4.69, 9.17) is 14.2 Å². The standard InChI is InChI=1S/C39H45N5O6/c1-38(2,3)50-37(45)43-25-21-39(22-26-43)19-23-42(24-20-39)33-16-10-15-31(35(33)44(46)47)40-32-17-18-34(48-27-29-11-6-4-7-12-29)41-36(32)49-28-30-13-8-5-9-14-30/h4-18,40H,19-28H2,1-3H3. The van der Waals surface area contributed by atoms with Gasteiger partial charge in [0.2, 0.25) is 11.8 Å². The highest BCUT2D eigenvalue weighted by molar-refractivity contribution is 5.81. The van der Waals surface area contributed by atoms with Gasteiger partial charge in [0.05, 0.1) is 4.92 Å². The molecule has 0 bridgehead atoms. The molecule has 11 nitrogen and oxygen atoms in total. The lowest BCUT2D eigenvalue weighted by molar-refractivity contribution is -0.383. The van der Waals surface area contributed by atoms with Gasteiger partial charge in [-0.2, -0.15) is 4.98 Å². The number of rotatable bonds is 10. The first-order chi connectivity index (χ1) is 24.1. The Morgan fingerprint density at radius 1 is 0.800 bits per heavy atom. The van der Waals surface area contributed by atoms with Crippen molar-refractivity contribution in [3.63, 3.8) is 0 Å².